The molecule has 0 aliphatic carbocycles. The fourth-order valence-electron chi connectivity index (χ4n) is 3.21. The molecule has 3 heterocycles. The molecule has 1 atom stereocenters. The maximum absolute atomic E-state index is 12.8. The normalized spacial score (nSPS) is 11.9. The molecule has 0 aliphatic heterocycles. The average Bonchev–Trinajstić information content (AvgIpc) is 2.73. The highest BCUT2D eigenvalue weighted by atomic mass is 16.3. The van der Waals surface area contributed by atoms with E-state index in [9.17, 15) is 14.7 Å². The van der Waals surface area contributed by atoms with Gasteiger partial charge in [0.15, 0.2) is 0 Å². The molecular formula is C23H27N5O3. The van der Waals surface area contributed by atoms with Crippen LogP contribution in [0.25, 0.3) is 11.3 Å². The molecule has 8 heteroatoms. The van der Waals surface area contributed by atoms with Gasteiger partial charge in [0.2, 0.25) is 0 Å². The molecule has 1 amide bonds. The lowest BCUT2D eigenvalue weighted by Gasteiger charge is -2.18. The second-order valence-corrected chi connectivity index (χ2v) is 7.77. The summed E-state index contributed by atoms with van der Waals surface area (Å²) in [5, 5.41) is 15.4. The standard InChI is InChI=1S/C23H27N5O3/c1-13(2)20-19(10-16(23(31)28-20)21-14(3)6-5-8-25-21)27-18-7-9-24-12-17(18)22(30)26-11-15(4)29/h5-10,12-13,15,29H,11H2,1-4H3,(H,24,27)(H,26,30)(H,28,31). The number of anilines is 2. The van der Waals surface area contributed by atoms with Gasteiger partial charge in [-0.25, -0.2) is 0 Å². The van der Waals surface area contributed by atoms with Crippen molar-refractivity contribution in [2.45, 2.75) is 39.7 Å². The summed E-state index contributed by atoms with van der Waals surface area (Å²) in [6, 6.07) is 7.18. The number of pyridine rings is 3. The molecule has 3 aromatic rings. The third kappa shape index (κ3) is 5.16. The van der Waals surface area contributed by atoms with Crippen molar-refractivity contribution in [2.24, 2.45) is 0 Å². The second kappa shape index (κ2) is 9.53. The van der Waals surface area contributed by atoms with Gasteiger partial charge < -0.3 is 20.7 Å². The van der Waals surface area contributed by atoms with Gasteiger partial charge >= 0.3 is 0 Å². The summed E-state index contributed by atoms with van der Waals surface area (Å²) >= 11 is 0. The van der Waals surface area contributed by atoms with Crippen molar-refractivity contribution in [3.63, 3.8) is 0 Å². The summed E-state index contributed by atoms with van der Waals surface area (Å²) in [6.45, 7) is 7.58. The number of aryl methyl sites for hydroxylation is 1. The van der Waals surface area contributed by atoms with Gasteiger partial charge in [0.05, 0.1) is 34.3 Å². The SMILES string of the molecule is Cc1cccnc1-c1cc(Nc2ccncc2C(=O)NCC(C)O)c(C(C)C)[nH]c1=O. The van der Waals surface area contributed by atoms with Crippen molar-refractivity contribution in [3.8, 4) is 11.3 Å². The summed E-state index contributed by atoms with van der Waals surface area (Å²) in [4.78, 5) is 36.8. The van der Waals surface area contributed by atoms with Gasteiger partial charge in [-0.2, -0.15) is 0 Å². The van der Waals surface area contributed by atoms with Gasteiger partial charge in [0.1, 0.15) is 0 Å². The Balaban J connectivity index is 2.06. The van der Waals surface area contributed by atoms with E-state index in [-0.39, 0.29) is 23.9 Å². The highest BCUT2D eigenvalue weighted by Crippen LogP contribution is 2.29. The number of aliphatic hydroxyl groups is 1. The molecule has 0 aliphatic rings. The highest BCUT2D eigenvalue weighted by Gasteiger charge is 2.18. The number of nitrogens with zero attached hydrogens (tertiary/aromatic N) is 2. The topological polar surface area (TPSA) is 120 Å². The van der Waals surface area contributed by atoms with Gasteiger partial charge in [-0.05, 0) is 43.5 Å². The molecular weight excluding hydrogens is 394 g/mol. The first-order valence-corrected chi connectivity index (χ1v) is 10.1. The number of hydrogen-bond acceptors (Lipinski definition) is 6. The van der Waals surface area contributed by atoms with Gasteiger partial charge in [-0.3, -0.25) is 19.6 Å². The minimum Gasteiger partial charge on any atom is -0.392 e. The number of aromatic amines is 1. The van der Waals surface area contributed by atoms with Gasteiger partial charge in [0, 0.05) is 30.8 Å². The van der Waals surface area contributed by atoms with E-state index in [4.69, 9.17) is 0 Å². The number of rotatable bonds is 7. The fourth-order valence-corrected chi connectivity index (χ4v) is 3.21. The summed E-state index contributed by atoms with van der Waals surface area (Å²) < 4.78 is 0. The Morgan fingerprint density at radius 1 is 1.19 bits per heavy atom. The summed E-state index contributed by atoms with van der Waals surface area (Å²) in [7, 11) is 0. The van der Waals surface area contributed by atoms with E-state index >= 15 is 0 Å². The lowest BCUT2D eigenvalue weighted by molar-refractivity contribution is 0.0924. The van der Waals surface area contributed by atoms with Crippen molar-refractivity contribution in [1.82, 2.24) is 20.3 Å². The predicted molar refractivity (Wildman–Crippen MR) is 121 cm³/mol. The van der Waals surface area contributed by atoms with E-state index in [0.29, 0.717) is 28.2 Å². The molecule has 8 nitrogen and oxygen atoms in total. The summed E-state index contributed by atoms with van der Waals surface area (Å²) in [6.07, 6.45) is 4.04. The van der Waals surface area contributed by atoms with E-state index in [0.717, 1.165) is 11.3 Å². The number of nitrogens with one attached hydrogen (secondary N) is 3. The van der Waals surface area contributed by atoms with Crippen LogP contribution < -0.4 is 16.2 Å². The Labute approximate surface area is 180 Å². The van der Waals surface area contributed by atoms with Crippen molar-refractivity contribution in [1.29, 1.82) is 0 Å². The van der Waals surface area contributed by atoms with Crippen LogP contribution in [0.4, 0.5) is 11.4 Å². The Morgan fingerprint density at radius 2 is 1.97 bits per heavy atom. The lowest BCUT2D eigenvalue weighted by atomic mass is 10.0. The highest BCUT2D eigenvalue weighted by molar-refractivity contribution is 6.00. The van der Waals surface area contributed by atoms with Crippen LogP contribution in [0.2, 0.25) is 0 Å². The number of aromatic nitrogens is 3. The Hall–Kier alpha value is -3.52. The number of carbonyl (C=O) groups excluding carboxylic acids is 1. The van der Waals surface area contributed by atoms with Crippen LogP contribution >= 0.6 is 0 Å². The molecule has 3 aromatic heterocycles. The fraction of sp³-hybridized carbons (Fsp3) is 0.304. The van der Waals surface area contributed by atoms with Crippen molar-refractivity contribution < 1.29 is 9.90 Å². The number of carbonyl (C=O) groups is 1. The van der Waals surface area contributed by atoms with Crippen LogP contribution in [0.15, 0.2) is 47.7 Å². The molecule has 4 N–H and O–H groups in total. The van der Waals surface area contributed by atoms with Crippen LogP contribution in [0.1, 0.15) is 48.3 Å². The van der Waals surface area contributed by atoms with Gasteiger partial charge in [0.25, 0.3) is 11.5 Å². The summed E-state index contributed by atoms with van der Waals surface area (Å²) in [5.74, 6) is -0.323. The largest absolute Gasteiger partial charge is 0.392 e. The van der Waals surface area contributed by atoms with Crippen LogP contribution in [0.5, 0.6) is 0 Å². The zero-order valence-electron chi connectivity index (χ0n) is 18.1. The molecule has 0 saturated carbocycles. The zero-order valence-corrected chi connectivity index (χ0v) is 18.1. The minimum atomic E-state index is -0.659. The molecule has 0 aromatic carbocycles. The van der Waals surface area contributed by atoms with Gasteiger partial charge in [-0.15, -0.1) is 0 Å². The van der Waals surface area contributed by atoms with Crippen LogP contribution in [-0.4, -0.2) is 38.6 Å². The van der Waals surface area contributed by atoms with E-state index in [1.807, 2.05) is 32.9 Å². The molecule has 0 spiro atoms. The van der Waals surface area contributed by atoms with Gasteiger partial charge in [-0.1, -0.05) is 19.9 Å². The Morgan fingerprint density at radius 3 is 2.65 bits per heavy atom. The van der Waals surface area contributed by atoms with Crippen LogP contribution in [0.3, 0.4) is 0 Å². The molecule has 162 valence electrons. The quantitative estimate of drug-likeness (QED) is 0.465. The molecule has 0 fully saturated rings. The van der Waals surface area contributed by atoms with Crippen molar-refractivity contribution in [3.05, 3.63) is 70.0 Å². The third-order valence-electron chi connectivity index (χ3n) is 4.81. The average molecular weight is 422 g/mol. The smallest absolute Gasteiger partial charge is 0.257 e. The van der Waals surface area contributed by atoms with Crippen LogP contribution in [0, 0.1) is 6.92 Å². The Kier molecular flexibility index (Phi) is 6.81. The number of aliphatic hydroxyl groups excluding tert-OH is 1. The van der Waals surface area contributed by atoms with Crippen molar-refractivity contribution >= 4 is 17.3 Å². The molecule has 0 saturated heterocycles. The maximum Gasteiger partial charge on any atom is 0.257 e. The monoisotopic (exact) mass is 421 g/mol. The second-order valence-electron chi connectivity index (χ2n) is 7.77. The molecule has 0 bridgehead atoms. The van der Waals surface area contributed by atoms with E-state index in [2.05, 4.69) is 25.6 Å². The lowest BCUT2D eigenvalue weighted by Crippen LogP contribution is -2.31. The van der Waals surface area contributed by atoms with E-state index in [1.54, 1.807) is 31.5 Å². The van der Waals surface area contributed by atoms with Crippen molar-refractivity contribution in [2.75, 3.05) is 11.9 Å². The molecule has 0 radical (unpaired) electrons. The third-order valence-corrected chi connectivity index (χ3v) is 4.81. The first-order chi connectivity index (χ1) is 14.8. The number of amides is 1. The summed E-state index contributed by atoms with van der Waals surface area (Å²) in [5.41, 5.74) is 3.97. The first-order valence-electron chi connectivity index (χ1n) is 10.1. The first kappa shape index (κ1) is 22.2. The van der Waals surface area contributed by atoms with Crippen LogP contribution in [-0.2, 0) is 0 Å². The molecule has 31 heavy (non-hydrogen) atoms. The van der Waals surface area contributed by atoms with E-state index in [1.165, 1.54) is 6.20 Å². The predicted octanol–water partition coefficient (Wildman–Crippen LogP) is 3.12. The molecule has 1 unspecified atom stereocenters. The number of hydrogen-bond donors (Lipinski definition) is 4. The zero-order chi connectivity index (χ0) is 22.5. The minimum absolute atomic E-state index is 0.0310. The molecule has 3 rings (SSSR count). The maximum atomic E-state index is 12.8. The Bertz CT molecular complexity index is 1140. The van der Waals surface area contributed by atoms with E-state index < -0.39 is 6.10 Å². The number of H-pyrrole nitrogens is 1.